The van der Waals surface area contributed by atoms with E-state index in [0.29, 0.717) is 26.3 Å². The Kier molecular flexibility index (Phi) is 12.6. The normalized spacial score (nSPS) is 16.6. The quantitative estimate of drug-likeness (QED) is 0.350. The average molecular weight is 640 g/mol. The first-order valence-electron chi connectivity index (χ1n) is 12.7. The largest absolute Gasteiger partial charge is 0.490 e. The van der Waals surface area contributed by atoms with Crippen molar-refractivity contribution in [2.45, 2.75) is 37.3 Å². The fraction of sp³-hybridized carbons (Fsp3) is 0.423. The minimum absolute atomic E-state index is 0.0590. The fourth-order valence-corrected chi connectivity index (χ4v) is 4.30. The second-order valence-corrected chi connectivity index (χ2v) is 9.44. The van der Waals surface area contributed by atoms with Crippen LogP contribution in [0.3, 0.4) is 0 Å². The van der Waals surface area contributed by atoms with Crippen LogP contribution >= 0.6 is 0 Å². The third-order valence-corrected chi connectivity index (χ3v) is 6.55. The van der Waals surface area contributed by atoms with E-state index in [9.17, 15) is 40.3 Å². The van der Waals surface area contributed by atoms with E-state index in [1.165, 1.54) is 12.1 Å². The number of nitrogens with one attached hydrogen (secondary N) is 2. The molecule has 0 atom stereocenters. The van der Waals surface area contributed by atoms with Crippen LogP contribution in [0.1, 0.15) is 28.8 Å². The lowest BCUT2D eigenvalue weighted by molar-refractivity contribution is -0.193. The summed E-state index contributed by atoms with van der Waals surface area (Å²) in [5, 5.41) is 20.0. The van der Waals surface area contributed by atoms with Crippen LogP contribution in [0.2, 0.25) is 0 Å². The Morgan fingerprint density at radius 1 is 0.955 bits per heavy atom. The summed E-state index contributed by atoms with van der Waals surface area (Å²) in [6, 6.07) is 9.90. The summed E-state index contributed by atoms with van der Waals surface area (Å²) in [7, 11) is 0. The van der Waals surface area contributed by atoms with E-state index in [-0.39, 0.29) is 11.5 Å². The maximum absolute atomic E-state index is 13.7. The molecule has 18 heteroatoms. The third kappa shape index (κ3) is 10.4. The molecule has 4 rings (SSSR count). The minimum Gasteiger partial charge on any atom is -0.475 e. The zero-order valence-electron chi connectivity index (χ0n) is 22.8. The first-order chi connectivity index (χ1) is 20.5. The van der Waals surface area contributed by atoms with Crippen LogP contribution in [0.4, 0.5) is 30.7 Å². The summed E-state index contributed by atoms with van der Waals surface area (Å²) in [6.07, 6.45) is -5.11. The van der Waals surface area contributed by atoms with Gasteiger partial charge in [-0.25, -0.2) is 14.0 Å². The maximum Gasteiger partial charge on any atom is 0.490 e. The lowest BCUT2D eigenvalue weighted by Crippen LogP contribution is -2.56. The highest BCUT2D eigenvalue weighted by molar-refractivity contribution is 5.94. The van der Waals surface area contributed by atoms with Gasteiger partial charge in [-0.2, -0.15) is 26.3 Å². The molecule has 1 spiro atoms. The highest BCUT2D eigenvalue weighted by atomic mass is 19.4. The topological polar surface area (TPSA) is 152 Å². The number of aliphatic carboxylic acids is 2. The molecule has 2 saturated heterocycles. The van der Waals surface area contributed by atoms with Crippen molar-refractivity contribution in [1.29, 1.82) is 0 Å². The zero-order chi connectivity index (χ0) is 33.1. The lowest BCUT2D eigenvalue weighted by Gasteiger charge is -2.42. The number of pyridine rings is 1. The van der Waals surface area contributed by atoms with Gasteiger partial charge in [0.1, 0.15) is 11.4 Å². The molecule has 0 bridgehead atoms. The Morgan fingerprint density at radius 3 is 2.02 bits per heavy atom. The molecule has 2 aliphatic heterocycles. The molecule has 4 N–H and O–H groups in total. The van der Waals surface area contributed by atoms with Crippen LogP contribution in [-0.4, -0.2) is 99.5 Å². The Morgan fingerprint density at radius 2 is 1.52 bits per heavy atom. The van der Waals surface area contributed by atoms with Crippen molar-refractivity contribution >= 4 is 23.8 Å². The van der Waals surface area contributed by atoms with E-state index in [1.807, 2.05) is 18.3 Å². The lowest BCUT2D eigenvalue weighted by atomic mass is 9.86. The Balaban J connectivity index is 0.000000402. The summed E-state index contributed by atoms with van der Waals surface area (Å²) < 4.78 is 77.2. The Hall–Kier alpha value is -4.32. The van der Waals surface area contributed by atoms with Crippen LogP contribution in [0.5, 0.6) is 0 Å². The van der Waals surface area contributed by atoms with Gasteiger partial charge >= 0.3 is 24.3 Å². The van der Waals surface area contributed by atoms with Gasteiger partial charge in [-0.1, -0.05) is 18.2 Å². The van der Waals surface area contributed by atoms with Crippen LogP contribution in [0.15, 0.2) is 48.8 Å². The number of piperidine rings is 1. The molecule has 1 aromatic heterocycles. The number of carboxylic acids is 2. The molecular formula is C26H28F7N5O6. The number of hydrogen-bond acceptors (Lipinski definition) is 7. The number of carboxylic acid groups (broad SMARTS) is 2. The van der Waals surface area contributed by atoms with Gasteiger partial charge < -0.3 is 25.7 Å². The monoisotopic (exact) mass is 639 g/mol. The van der Waals surface area contributed by atoms with Gasteiger partial charge in [-0.05, 0) is 36.6 Å². The first-order valence-corrected chi connectivity index (χ1v) is 12.7. The van der Waals surface area contributed by atoms with Gasteiger partial charge in [-0.3, -0.25) is 19.5 Å². The summed E-state index contributed by atoms with van der Waals surface area (Å²) in [6.45, 7) is 3.88. The molecule has 3 heterocycles. The summed E-state index contributed by atoms with van der Waals surface area (Å²) in [5.74, 6) is -6.34. The average Bonchev–Trinajstić information content (AvgIpc) is 3.24. The second-order valence-electron chi connectivity index (χ2n) is 9.44. The molecule has 0 unspecified atom stereocenters. The molecule has 2 fully saturated rings. The zero-order valence-corrected chi connectivity index (χ0v) is 22.8. The molecular weight excluding hydrogens is 611 g/mol. The SMILES string of the molecule is O=C(NCCN1CCC2(CC1)C(=O)NCN2Cc1cccnc1)c1ccccc1F.O=C(O)C(F)(F)F.O=C(O)C(F)(F)F. The molecule has 2 aromatic rings. The van der Waals surface area contributed by atoms with Crippen molar-refractivity contribution < 1.29 is 60.1 Å². The van der Waals surface area contributed by atoms with Crippen LogP contribution < -0.4 is 10.6 Å². The number of likely N-dealkylation sites (tertiary alicyclic amines) is 1. The number of benzene rings is 1. The van der Waals surface area contributed by atoms with E-state index in [0.717, 1.165) is 31.5 Å². The number of amides is 2. The maximum atomic E-state index is 13.7. The van der Waals surface area contributed by atoms with Gasteiger partial charge in [0, 0.05) is 45.1 Å². The first kappa shape index (κ1) is 35.9. The molecule has 0 radical (unpaired) electrons. The summed E-state index contributed by atoms with van der Waals surface area (Å²) in [4.78, 5) is 51.2. The number of carbonyl (C=O) groups excluding carboxylic acids is 2. The number of carbonyl (C=O) groups is 4. The number of nitrogens with zero attached hydrogens (tertiary/aromatic N) is 3. The predicted octanol–water partition coefficient (Wildman–Crippen LogP) is 2.64. The number of aromatic nitrogens is 1. The Bertz CT molecular complexity index is 1260. The van der Waals surface area contributed by atoms with Crippen molar-refractivity contribution in [2.75, 3.05) is 32.8 Å². The number of rotatable bonds is 6. The van der Waals surface area contributed by atoms with Gasteiger partial charge in [0.05, 0.1) is 12.2 Å². The van der Waals surface area contributed by atoms with Gasteiger partial charge in [0.2, 0.25) is 5.91 Å². The van der Waals surface area contributed by atoms with Crippen molar-refractivity contribution in [3.8, 4) is 0 Å². The van der Waals surface area contributed by atoms with Crippen LogP contribution in [-0.2, 0) is 20.9 Å². The molecule has 0 aliphatic carbocycles. The van der Waals surface area contributed by atoms with Crippen LogP contribution in [0.25, 0.3) is 0 Å². The van der Waals surface area contributed by atoms with E-state index in [4.69, 9.17) is 19.8 Å². The van der Waals surface area contributed by atoms with Crippen molar-refractivity contribution in [3.63, 3.8) is 0 Å². The van der Waals surface area contributed by atoms with Crippen molar-refractivity contribution in [2.24, 2.45) is 0 Å². The van der Waals surface area contributed by atoms with Crippen LogP contribution in [0, 0.1) is 5.82 Å². The highest BCUT2D eigenvalue weighted by Crippen LogP contribution is 2.33. The van der Waals surface area contributed by atoms with Crippen molar-refractivity contribution in [3.05, 3.63) is 65.7 Å². The molecule has 44 heavy (non-hydrogen) atoms. The van der Waals surface area contributed by atoms with E-state index >= 15 is 0 Å². The molecule has 11 nitrogen and oxygen atoms in total. The van der Waals surface area contributed by atoms with Gasteiger partial charge in [0.25, 0.3) is 5.91 Å². The summed E-state index contributed by atoms with van der Waals surface area (Å²) >= 11 is 0. The van der Waals surface area contributed by atoms with Crippen molar-refractivity contribution in [1.82, 2.24) is 25.4 Å². The molecule has 2 amide bonds. The van der Waals surface area contributed by atoms with Gasteiger partial charge in [0.15, 0.2) is 0 Å². The van der Waals surface area contributed by atoms with E-state index < -0.39 is 41.6 Å². The number of alkyl halides is 6. The molecule has 1 aromatic carbocycles. The summed E-state index contributed by atoms with van der Waals surface area (Å²) in [5.41, 5.74) is 0.665. The van der Waals surface area contributed by atoms with Gasteiger partial charge in [-0.15, -0.1) is 0 Å². The predicted molar refractivity (Wildman–Crippen MR) is 137 cm³/mol. The third-order valence-electron chi connectivity index (χ3n) is 6.55. The minimum atomic E-state index is -5.08. The fourth-order valence-electron chi connectivity index (χ4n) is 4.30. The second kappa shape index (κ2) is 15.4. The van der Waals surface area contributed by atoms with E-state index in [1.54, 1.807) is 18.3 Å². The van der Waals surface area contributed by atoms with E-state index in [2.05, 4.69) is 25.4 Å². The number of hydrogen-bond donors (Lipinski definition) is 4. The molecule has 0 saturated carbocycles. The molecule has 2 aliphatic rings. The molecule has 242 valence electrons. The highest BCUT2D eigenvalue weighted by Gasteiger charge is 2.49. The standard InChI is InChI=1S/C22H26FN5O2.2C2HF3O2/c23-19-6-2-1-5-18(19)20(29)25-10-13-27-11-7-22(8-12-27)21(30)26-16-28(22)15-17-4-3-9-24-14-17;2*3-2(4,5)1(6)7/h1-6,9,14H,7-8,10-13,15-16H2,(H,25,29)(H,26,30);2*(H,6,7). The number of halogens is 7. The Labute approximate surface area is 245 Å². The smallest absolute Gasteiger partial charge is 0.475 e.